The molecule has 14 heavy (non-hydrogen) atoms. The fourth-order valence-corrected chi connectivity index (χ4v) is 0.991. The Labute approximate surface area is 84.8 Å². The number of hydrogen-bond donors (Lipinski definition) is 0. The molecule has 1 aromatic rings. The predicted octanol–water partition coefficient (Wildman–Crippen LogP) is 2.23. The number of rotatable bonds is 4. The molecule has 1 rings (SSSR count). The lowest BCUT2D eigenvalue weighted by Crippen LogP contribution is -2.04. The molecule has 1 aromatic carbocycles. The molecule has 0 aliphatic carbocycles. The molecule has 0 N–H and O–H groups in total. The summed E-state index contributed by atoms with van der Waals surface area (Å²) in [6, 6.07) is 7.72. The summed E-state index contributed by atoms with van der Waals surface area (Å²) in [6.07, 6.45) is 5.05. The molecule has 0 radical (unpaired) electrons. The number of terminal acetylenes is 1. The van der Waals surface area contributed by atoms with Crippen LogP contribution in [0.3, 0.4) is 0 Å². The van der Waals surface area contributed by atoms with Crippen LogP contribution in [-0.2, 0) is 11.3 Å². The van der Waals surface area contributed by atoms with Crippen molar-refractivity contribution >= 4 is 0 Å². The van der Waals surface area contributed by atoms with Gasteiger partial charge in [-0.1, -0.05) is 18.1 Å². The fraction of sp³-hybridized carbons (Fsp3) is 0.333. The molecule has 0 bridgehead atoms. The summed E-state index contributed by atoms with van der Waals surface area (Å²) >= 11 is 0. The van der Waals surface area contributed by atoms with Crippen LogP contribution in [-0.4, -0.2) is 13.2 Å². The largest absolute Gasteiger partial charge is 0.497 e. The van der Waals surface area contributed by atoms with Gasteiger partial charge in [0.1, 0.15) is 11.9 Å². The lowest BCUT2D eigenvalue weighted by Gasteiger charge is -2.07. The van der Waals surface area contributed by atoms with E-state index in [0.29, 0.717) is 6.61 Å². The van der Waals surface area contributed by atoms with Gasteiger partial charge in [0, 0.05) is 0 Å². The molecular weight excluding hydrogens is 176 g/mol. The first-order valence-corrected chi connectivity index (χ1v) is 4.47. The second-order valence-corrected chi connectivity index (χ2v) is 2.97. The van der Waals surface area contributed by atoms with E-state index in [0.717, 1.165) is 11.3 Å². The summed E-state index contributed by atoms with van der Waals surface area (Å²) in [5.41, 5.74) is 1.09. The summed E-state index contributed by atoms with van der Waals surface area (Å²) < 4.78 is 10.4. The first kappa shape index (κ1) is 10.6. The van der Waals surface area contributed by atoms with Gasteiger partial charge in [-0.15, -0.1) is 6.42 Å². The van der Waals surface area contributed by atoms with Gasteiger partial charge in [0.05, 0.1) is 13.7 Å². The first-order valence-electron chi connectivity index (χ1n) is 4.47. The molecule has 1 unspecified atom stereocenters. The van der Waals surface area contributed by atoms with Gasteiger partial charge in [-0.05, 0) is 24.6 Å². The number of methoxy groups -OCH3 is 1. The third-order valence-corrected chi connectivity index (χ3v) is 1.89. The lowest BCUT2D eigenvalue weighted by atomic mass is 10.2. The molecule has 74 valence electrons. The first-order chi connectivity index (χ1) is 6.76. The summed E-state index contributed by atoms with van der Waals surface area (Å²) in [6.45, 7) is 2.39. The van der Waals surface area contributed by atoms with E-state index in [-0.39, 0.29) is 6.10 Å². The second kappa shape index (κ2) is 5.31. The number of benzene rings is 1. The van der Waals surface area contributed by atoms with Crippen LogP contribution in [0.5, 0.6) is 5.75 Å². The summed E-state index contributed by atoms with van der Waals surface area (Å²) in [5, 5.41) is 0. The highest BCUT2D eigenvalue weighted by atomic mass is 16.5. The molecule has 0 saturated carbocycles. The smallest absolute Gasteiger partial charge is 0.118 e. The van der Waals surface area contributed by atoms with E-state index in [4.69, 9.17) is 15.9 Å². The molecule has 0 fully saturated rings. The van der Waals surface area contributed by atoms with E-state index in [1.54, 1.807) is 7.11 Å². The normalized spacial score (nSPS) is 11.8. The summed E-state index contributed by atoms with van der Waals surface area (Å²) in [5.74, 6) is 3.36. The van der Waals surface area contributed by atoms with E-state index in [2.05, 4.69) is 5.92 Å². The van der Waals surface area contributed by atoms with Crippen molar-refractivity contribution in [3.8, 4) is 18.1 Å². The van der Waals surface area contributed by atoms with Crippen LogP contribution in [0.2, 0.25) is 0 Å². The quantitative estimate of drug-likeness (QED) is 0.678. The Kier molecular flexibility index (Phi) is 4.03. The van der Waals surface area contributed by atoms with E-state index in [1.165, 1.54) is 0 Å². The molecule has 0 aromatic heterocycles. The van der Waals surface area contributed by atoms with Crippen LogP contribution in [0.15, 0.2) is 24.3 Å². The average molecular weight is 190 g/mol. The van der Waals surface area contributed by atoms with Gasteiger partial charge in [0.15, 0.2) is 0 Å². The zero-order valence-electron chi connectivity index (χ0n) is 8.49. The lowest BCUT2D eigenvalue weighted by molar-refractivity contribution is 0.0901. The highest BCUT2D eigenvalue weighted by molar-refractivity contribution is 5.26. The van der Waals surface area contributed by atoms with Crippen molar-refractivity contribution in [3.05, 3.63) is 29.8 Å². The molecule has 2 heteroatoms. The predicted molar refractivity (Wildman–Crippen MR) is 56.1 cm³/mol. The van der Waals surface area contributed by atoms with Crippen molar-refractivity contribution < 1.29 is 9.47 Å². The average Bonchev–Trinajstić information content (AvgIpc) is 2.26. The van der Waals surface area contributed by atoms with Crippen molar-refractivity contribution in [2.45, 2.75) is 19.6 Å². The fourth-order valence-electron chi connectivity index (χ4n) is 0.991. The maximum absolute atomic E-state index is 5.37. The Morgan fingerprint density at radius 2 is 2.00 bits per heavy atom. The maximum atomic E-state index is 5.37. The molecule has 2 nitrogen and oxygen atoms in total. The molecule has 0 saturated heterocycles. The Morgan fingerprint density at radius 1 is 1.36 bits per heavy atom. The maximum Gasteiger partial charge on any atom is 0.118 e. The van der Waals surface area contributed by atoms with Crippen LogP contribution in [0.4, 0.5) is 0 Å². The van der Waals surface area contributed by atoms with Gasteiger partial charge in [-0.3, -0.25) is 0 Å². The molecule has 0 heterocycles. The van der Waals surface area contributed by atoms with Gasteiger partial charge in [0.25, 0.3) is 0 Å². The Balaban J connectivity index is 2.48. The monoisotopic (exact) mass is 190 g/mol. The second-order valence-electron chi connectivity index (χ2n) is 2.97. The molecule has 0 aliphatic heterocycles. The van der Waals surface area contributed by atoms with E-state index in [9.17, 15) is 0 Å². The van der Waals surface area contributed by atoms with Crippen molar-refractivity contribution in [2.24, 2.45) is 0 Å². The molecule has 1 atom stereocenters. The van der Waals surface area contributed by atoms with Gasteiger partial charge in [-0.2, -0.15) is 0 Å². The SMILES string of the molecule is C#CC(C)OCc1ccc(OC)cc1. The topological polar surface area (TPSA) is 18.5 Å². The zero-order chi connectivity index (χ0) is 10.4. The van der Waals surface area contributed by atoms with Gasteiger partial charge >= 0.3 is 0 Å². The van der Waals surface area contributed by atoms with Crippen LogP contribution in [0.1, 0.15) is 12.5 Å². The van der Waals surface area contributed by atoms with Crippen LogP contribution >= 0.6 is 0 Å². The standard InChI is InChI=1S/C12H14O2/c1-4-10(2)14-9-11-5-7-12(13-3)8-6-11/h1,5-8,10H,9H2,2-3H3. The minimum absolute atomic E-state index is 0.142. The molecule has 0 aliphatic rings. The van der Waals surface area contributed by atoms with Crippen LogP contribution in [0.25, 0.3) is 0 Å². The van der Waals surface area contributed by atoms with Gasteiger partial charge < -0.3 is 9.47 Å². The molecule has 0 spiro atoms. The minimum Gasteiger partial charge on any atom is -0.497 e. The van der Waals surface area contributed by atoms with Crippen molar-refractivity contribution in [1.29, 1.82) is 0 Å². The van der Waals surface area contributed by atoms with Crippen molar-refractivity contribution in [2.75, 3.05) is 7.11 Å². The third kappa shape index (κ3) is 3.12. The Morgan fingerprint density at radius 3 is 2.50 bits per heavy atom. The van der Waals surface area contributed by atoms with Crippen molar-refractivity contribution in [1.82, 2.24) is 0 Å². The minimum atomic E-state index is -0.142. The number of hydrogen-bond acceptors (Lipinski definition) is 2. The Hall–Kier alpha value is -1.46. The molecule has 0 amide bonds. The van der Waals surface area contributed by atoms with E-state index < -0.39 is 0 Å². The molecular formula is C12H14O2. The van der Waals surface area contributed by atoms with Crippen LogP contribution < -0.4 is 4.74 Å². The number of ether oxygens (including phenoxy) is 2. The van der Waals surface area contributed by atoms with E-state index in [1.807, 2.05) is 31.2 Å². The van der Waals surface area contributed by atoms with E-state index >= 15 is 0 Å². The van der Waals surface area contributed by atoms with Crippen molar-refractivity contribution in [3.63, 3.8) is 0 Å². The van der Waals surface area contributed by atoms with Gasteiger partial charge in [-0.25, -0.2) is 0 Å². The highest BCUT2D eigenvalue weighted by Gasteiger charge is 1.98. The third-order valence-electron chi connectivity index (χ3n) is 1.89. The van der Waals surface area contributed by atoms with Gasteiger partial charge in [0.2, 0.25) is 0 Å². The Bertz CT molecular complexity index is 308. The highest BCUT2D eigenvalue weighted by Crippen LogP contribution is 2.12. The summed E-state index contributed by atoms with van der Waals surface area (Å²) in [7, 11) is 1.64. The zero-order valence-corrected chi connectivity index (χ0v) is 8.49. The summed E-state index contributed by atoms with van der Waals surface area (Å²) in [4.78, 5) is 0. The van der Waals surface area contributed by atoms with Crippen LogP contribution in [0, 0.1) is 12.3 Å².